The summed E-state index contributed by atoms with van der Waals surface area (Å²) in [5.41, 5.74) is 6.62. The van der Waals surface area contributed by atoms with Gasteiger partial charge in [0.05, 0.1) is 10.7 Å². The molecule has 114 valence electrons. The molecule has 0 unspecified atom stereocenters. The highest BCUT2D eigenvalue weighted by atomic mass is 35.5. The summed E-state index contributed by atoms with van der Waals surface area (Å²) < 4.78 is 27.1. The number of nitrogens with two attached hydrogens (primary N) is 1. The normalized spacial score (nSPS) is 12.4. The van der Waals surface area contributed by atoms with Crippen molar-refractivity contribution >= 4 is 43.8 Å². The van der Waals surface area contributed by atoms with E-state index in [1.807, 2.05) is 26.2 Å². The molecule has 0 spiro atoms. The predicted molar refractivity (Wildman–Crippen MR) is 87.5 cm³/mol. The molecule has 8 heteroatoms. The van der Waals surface area contributed by atoms with Gasteiger partial charge in [0.25, 0.3) is 10.0 Å². The van der Waals surface area contributed by atoms with Gasteiger partial charge in [-0.05, 0) is 18.2 Å². The highest BCUT2D eigenvalue weighted by molar-refractivity contribution is 7.93. The maximum absolute atomic E-state index is 12.3. The number of aromatic nitrogens is 1. The second kappa shape index (κ2) is 5.47. The largest absolute Gasteiger partial charge is 0.399 e. The van der Waals surface area contributed by atoms with E-state index in [4.69, 9.17) is 17.3 Å². The van der Waals surface area contributed by atoms with Crippen LogP contribution in [0.25, 0.3) is 0 Å². The van der Waals surface area contributed by atoms with Gasteiger partial charge in [0.2, 0.25) is 0 Å². The second-order valence-electron chi connectivity index (χ2n) is 5.58. The molecule has 1 heterocycles. The van der Waals surface area contributed by atoms with E-state index in [1.165, 1.54) is 23.5 Å². The zero-order valence-corrected chi connectivity index (χ0v) is 14.2. The maximum Gasteiger partial charge on any atom is 0.265 e. The van der Waals surface area contributed by atoms with Crippen molar-refractivity contribution in [1.29, 1.82) is 0 Å². The molecule has 5 nitrogen and oxygen atoms in total. The van der Waals surface area contributed by atoms with E-state index in [-0.39, 0.29) is 15.3 Å². The molecule has 2 rings (SSSR count). The van der Waals surface area contributed by atoms with Gasteiger partial charge in [0, 0.05) is 16.5 Å². The van der Waals surface area contributed by atoms with Crippen LogP contribution in [0.15, 0.2) is 28.5 Å². The van der Waals surface area contributed by atoms with E-state index < -0.39 is 10.0 Å². The van der Waals surface area contributed by atoms with Crippen LogP contribution in [0.4, 0.5) is 10.8 Å². The third-order valence-corrected chi connectivity index (χ3v) is 5.45. The van der Waals surface area contributed by atoms with Crippen LogP contribution >= 0.6 is 22.9 Å². The smallest absolute Gasteiger partial charge is 0.265 e. The van der Waals surface area contributed by atoms with Crippen LogP contribution in [-0.4, -0.2) is 13.4 Å². The first kappa shape index (κ1) is 16.1. The predicted octanol–water partition coefficient (Wildman–Crippen LogP) is 3.48. The molecule has 21 heavy (non-hydrogen) atoms. The van der Waals surface area contributed by atoms with Gasteiger partial charge >= 0.3 is 0 Å². The minimum atomic E-state index is -3.81. The zero-order chi connectivity index (χ0) is 15.8. The Kier molecular flexibility index (Phi) is 4.19. The van der Waals surface area contributed by atoms with Gasteiger partial charge in [-0.2, -0.15) is 0 Å². The molecule has 3 N–H and O–H groups in total. The van der Waals surface area contributed by atoms with Crippen molar-refractivity contribution in [3.63, 3.8) is 0 Å². The van der Waals surface area contributed by atoms with Crippen LogP contribution in [0.2, 0.25) is 5.02 Å². The van der Waals surface area contributed by atoms with E-state index in [2.05, 4.69) is 9.71 Å². The Bertz CT molecular complexity index is 764. The summed E-state index contributed by atoms with van der Waals surface area (Å²) in [4.78, 5) is 4.24. The average Bonchev–Trinajstić information content (AvgIpc) is 2.79. The number of hydrogen-bond acceptors (Lipinski definition) is 5. The summed E-state index contributed by atoms with van der Waals surface area (Å²) in [6, 6.07) is 4.32. The number of sulfonamides is 1. The number of halogens is 1. The number of anilines is 2. The zero-order valence-electron chi connectivity index (χ0n) is 11.8. The molecule has 1 aromatic carbocycles. The van der Waals surface area contributed by atoms with Gasteiger partial charge in [0.1, 0.15) is 4.90 Å². The van der Waals surface area contributed by atoms with E-state index in [0.29, 0.717) is 10.8 Å². The molecule has 0 aliphatic carbocycles. The Morgan fingerprint density at radius 1 is 1.33 bits per heavy atom. The average molecular weight is 346 g/mol. The lowest BCUT2D eigenvalue weighted by molar-refractivity contribution is 0.573. The van der Waals surface area contributed by atoms with Crippen molar-refractivity contribution in [3.8, 4) is 0 Å². The van der Waals surface area contributed by atoms with Crippen LogP contribution in [0.5, 0.6) is 0 Å². The molecular weight excluding hydrogens is 330 g/mol. The van der Waals surface area contributed by atoms with Crippen LogP contribution < -0.4 is 10.5 Å². The Morgan fingerprint density at radius 2 is 2.00 bits per heavy atom. The molecule has 0 atom stereocenters. The van der Waals surface area contributed by atoms with Crippen LogP contribution in [0.3, 0.4) is 0 Å². The summed E-state index contributed by atoms with van der Waals surface area (Å²) in [6.45, 7) is 6.03. The molecule has 0 fully saturated rings. The number of thiazole rings is 1. The summed E-state index contributed by atoms with van der Waals surface area (Å²) in [5, 5.41) is 2.25. The van der Waals surface area contributed by atoms with Crippen LogP contribution in [-0.2, 0) is 15.4 Å². The lowest BCUT2D eigenvalue weighted by atomic mass is 9.93. The lowest BCUT2D eigenvalue weighted by Crippen LogP contribution is -2.15. The highest BCUT2D eigenvalue weighted by Gasteiger charge is 2.22. The van der Waals surface area contributed by atoms with E-state index in [1.54, 1.807) is 6.07 Å². The first-order valence-electron chi connectivity index (χ1n) is 6.13. The quantitative estimate of drug-likeness (QED) is 0.834. The van der Waals surface area contributed by atoms with Crippen molar-refractivity contribution in [2.45, 2.75) is 31.1 Å². The molecular formula is C13H16ClN3O2S2. The number of hydrogen-bond donors (Lipinski definition) is 2. The van der Waals surface area contributed by atoms with Crippen molar-refractivity contribution in [3.05, 3.63) is 34.3 Å². The minimum absolute atomic E-state index is 0.0586. The number of rotatable bonds is 3. The van der Waals surface area contributed by atoms with E-state index in [9.17, 15) is 8.42 Å². The summed E-state index contributed by atoms with van der Waals surface area (Å²) >= 11 is 7.17. The maximum atomic E-state index is 12.3. The summed E-state index contributed by atoms with van der Waals surface area (Å²) in [5.74, 6) is 0. The second-order valence-corrected chi connectivity index (χ2v) is 8.50. The van der Waals surface area contributed by atoms with E-state index >= 15 is 0 Å². The van der Waals surface area contributed by atoms with Gasteiger partial charge < -0.3 is 5.73 Å². The van der Waals surface area contributed by atoms with Crippen molar-refractivity contribution in [2.24, 2.45) is 0 Å². The van der Waals surface area contributed by atoms with Gasteiger partial charge in [-0.1, -0.05) is 32.4 Å². The van der Waals surface area contributed by atoms with Crippen molar-refractivity contribution in [2.75, 3.05) is 10.5 Å². The topological polar surface area (TPSA) is 85.1 Å². The number of benzene rings is 1. The summed E-state index contributed by atoms with van der Waals surface area (Å²) in [7, 11) is -3.81. The monoisotopic (exact) mass is 345 g/mol. The first-order valence-corrected chi connectivity index (χ1v) is 8.87. The number of nitrogens with zero attached hydrogens (tertiary/aromatic N) is 1. The molecule has 0 amide bonds. The fourth-order valence-electron chi connectivity index (χ4n) is 1.56. The molecule has 0 saturated heterocycles. The van der Waals surface area contributed by atoms with Gasteiger partial charge in [-0.3, -0.25) is 4.72 Å². The summed E-state index contributed by atoms with van der Waals surface area (Å²) in [6.07, 6.45) is 0. The molecule has 0 aliphatic heterocycles. The number of nitrogen functional groups attached to an aromatic ring is 1. The molecule has 2 aromatic rings. The number of nitrogens with one attached hydrogen (secondary N) is 1. The Morgan fingerprint density at radius 3 is 2.57 bits per heavy atom. The standard InChI is InChI=1S/C13H16ClN3O2S2/c1-13(2,3)11-7-20-12(16-11)17-21(18,19)10-6-8(15)4-5-9(10)14/h4-7H,15H2,1-3H3,(H,16,17). The van der Waals surface area contributed by atoms with Gasteiger partial charge in [-0.15, -0.1) is 11.3 Å². The SMILES string of the molecule is CC(C)(C)c1csc(NS(=O)(=O)c2cc(N)ccc2Cl)n1. The minimum Gasteiger partial charge on any atom is -0.399 e. The van der Waals surface area contributed by atoms with Crippen LogP contribution in [0.1, 0.15) is 26.5 Å². The van der Waals surface area contributed by atoms with Crippen LogP contribution in [0, 0.1) is 0 Å². The first-order chi connectivity index (χ1) is 9.59. The van der Waals surface area contributed by atoms with Gasteiger partial charge in [0.15, 0.2) is 5.13 Å². The molecule has 0 aliphatic rings. The fraction of sp³-hybridized carbons (Fsp3) is 0.308. The van der Waals surface area contributed by atoms with E-state index in [0.717, 1.165) is 5.69 Å². The van der Waals surface area contributed by atoms with Gasteiger partial charge in [-0.25, -0.2) is 13.4 Å². The molecule has 0 radical (unpaired) electrons. The van der Waals surface area contributed by atoms with Crippen molar-refractivity contribution in [1.82, 2.24) is 4.98 Å². The third kappa shape index (κ3) is 3.66. The molecule has 1 aromatic heterocycles. The Labute approximate surface area is 133 Å². The fourth-order valence-corrected chi connectivity index (χ4v) is 4.29. The Hall–Kier alpha value is -1.31. The molecule has 0 bridgehead atoms. The lowest BCUT2D eigenvalue weighted by Gasteiger charge is -2.14. The van der Waals surface area contributed by atoms with Crippen molar-refractivity contribution < 1.29 is 8.42 Å². The highest BCUT2D eigenvalue weighted by Crippen LogP contribution is 2.29. The Balaban J connectivity index is 2.34. The molecule has 0 saturated carbocycles. The third-order valence-electron chi connectivity index (χ3n) is 2.74.